The first kappa shape index (κ1) is 20.5. The van der Waals surface area contributed by atoms with E-state index in [9.17, 15) is 14.7 Å². The molecule has 1 amide bonds. The number of nitriles is 1. The highest BCUT2D eigenvalue weighted by atomic mass is 16.5. The predicted molar refractivity (Wildman–Crippen MR) is 108 cm³/mol. The minimum atomic E-state index is -0.755. The SMILES string of the molecule is COc1ccc(C(=O)OCC(=O)N(CCC#N)C23CC4CC(CC(C4)C2)C3)c(O)c1. The molecule has 0 atom stereocenters. The molecule has 160 valence electrons. The van der Waals surface area contributed by atoms with Crippen molar-refractivity contribution in [2.45, 2.75) is 50.5 Å². The van der Waals surface area contributed by atoms with Crippen LogP contribution in [0.3, 0.4) is 0 Å². The number of nitrogens with zero attached hydrogens (tertiary/aromatic N) is 2. The number of benzene rings is 1. The topological polar surface area (TPSA) is 99.9 Å². The molecule has 0 aliphatic heterocycles. The number of rotatable bonds is 7. The van der Waals surface area contributed by atoms with Gasteiger partial charge in [0.15, 0.2) is 6.61 Å². The van der Waals surface area contributed by atoms with E-state index in [-0.39, 0.29) is 29.2 Å². The Bertz CT molecular complexity index is 840. The van der Waals surface area contributed by atoms with Crippen LogP contribution in [0.2, 0.25) is 0 Å². The molecule has 1 aromatic carbocycles. The number of esters is 1. The van der Waals surface area contributed by atoms with Gasteiger partial charge in [-0.05, 0) is 68.4 Å². The van der Waals surface area contributed by atoms with Gasteiger partial charge in [0.2, 0.25) is 0 Å². The van der Waals surface area contributed by atoms with Crippen molar-refractivity contribution >= 4 is 11.9 Å². The normalized spacial score (nSPS) is 28.6. The first-order chi connectivity index (χ1) is 14.4. The van der Waals surface area contributed by atoms with Crippen molar-refractivity contribution < 1.29 is 24.2 Å². The summed E-state index contributed by atoms with van der Waals surface area (Å²) >= 11 is 0. The van der Waals surface area contributed by atoms with Gasteiger partial charge in [-0.15, -0.1) is 0 Å². The van der Waals surface area contributed by atoms with Crippen LogP contribution in [0, 0.1) is 29.1 Å². The van der Waals surface area contributed by atoms with Crippen LogP contribution in [-0.4, -0.2) is 47.7 Å². The maximum Gasteiger partial charge on any atom is 0.342 e. The maximum absolute atomic E-state index is 13.1. The number of ether oxygens (including phenoxy) is 2. The van der Waals surface area contributed by atoms with Gasteiger partial charge in [-0.3, -0.25) is 4.79 Å². The summed E-state index contributed by atoms with van der Waals surface area (Å²) in [7, 11) is 1.46. The Morgan fingerprint density at radius 2 is 1.83 bits per heavy atom. The Morgan fingerprint density at radius 1 is 1.20 bits per heavy atom. The van der Waals surface area contributed by atoms with Gasteiger partial charge in [0, 0.05) is 18.2 Å². The maximum atomic E-state index is 13.1. The zero-order chi connectivity index (χ0) is 21.3. The van der Waals surface area contributed by atoms with Gasteiger partial charge in [-0.2, -0.15) is 5.26 Å². The molecule has 7 heteroatoms. The van der Waals surface area contributed by atoms with Crippen LogP contribution < -0.4 is 4.74 Å². The van der Waals surface area contributed by atoms with Gasteiger partial charge in [0.05, 0.1) is 19.6 Å². The third kappa shape index (κ3) is 3.83. The first-order valence-corrected chi connectivity index (χ1v) is 10.7. The molecule has 0 heterocycles. The molecule has 0 radical (unpaired) electrons. The lowest BCUT2D eigenvalue weighted by molar-refractivity contribution is -0.153. The summed E-state index contributed by atoms with van der Waals surface area (Å²) < 4.78 is 10.3. The first-order valence-electron chi connectivity index (χ1n) is 10.7. The van der Waals surface area contributed by atoms with Crippen LogP contribution in [0.1, 0.15) is 55.3 Å². The predicted octanol–water partition coefficient (Wildman–Crippen LogP) is 3.27. The van der Waals surface area contributed by atoms with Crippen molar-refractivity contribution in [2.75, 3.05) is 20.3 Å². The fraction of sp³-hybridized carbons (Fsp3) is 0.609. The molecule has 4 aliphatic carbocycles. The van der Waals surface area contributed by atoms with Crippen LogP contribution in [0.5, 0.6) is 11.5 Å². The number of carbonyl (C=O) groups is 2. The fourth-order valence-electron chi connectivity index (χ4n) is 6.28. The van der Waals surface area contributed by atoms with Gasteiger partial charge in [-0.1, -0.05) is 0 Å². The molecule has 5 rings (SSSR count). The van der Waals surface area contributed by atoms with Crippen molar-refractivity contribution in [1.82, 2.24) is 4.90 Å². The Hall–Kier alpha value is -2.75. The van der Waals surface area contributed by atoms with E-state index in [4.69, 9.17) is 14.7 Å². The number of carbonyl (C=O) groups excluding carboxylic acids is 2. The third-order valence-corrected chi connectivity index (χ3v) is 7.08. The fourth-order valence-corrected chi connectivity index (χ4v) is 6.28. The average molecular weight is 412 g/mol. The Balaban J connectivity index is 1.46. The van der Waals surface area contributed by atoms with Crippen LogP contribution in [-0.2, 0) is 9.53 Å². The minimum Gasteiger partial charge on any atom is -0.507 e. The van der Waals surface area contributed by atoms with E-state index in [1.807, 2.05) is 4.90 Å². The molecule has 0 unspecified atom stereocenters. The summed E-state index contributed by atoms with van der Waals surface area (Å²) in [5, 5.41) is 19.1. The van der Waals surface area contributed by atoms with Crippen molar-refractivity contribution in [1.29, 1.82) is 5.26 Å². The highest BCUT2D eigenvalue weighted by Crippen LogP contribution is 2.57. The van der Waals surface area contributed by atoms with Gasteiger partial charge in [0.25, 0.3) is 5.91 Å². The average Bonchev–Trinajstić information content (AvgIpc) is 2.71. The number of methoxy groups -OCH3 is 1. The van der Waals surface area contributed by atoms with Gasteiger partial charge < -0.3 is 19.5 Å². The minimum absolute atomic E-state index is 0.0121. The summed E-state index contributed by atoms with van der Waals surface area (Å²) in [6.45, 7) is -0.0235. The van der Waals surface area contributed by atoms with Crippen molar-refractivity contribution in [3.8, 4) is 17.6 Å². The van der Waals surface area contributed by atoms with E-state index in [0.717, 1.165) is 19.3 Å². The second-order valence-corrected chi connectivity index (χ2v) is 9.05. The molecular weight excluding hydrogens is 384 g/mol. The monoisotopic (exact) mass is 412 g/mol. The zero-order valence-corrected chi connectivity index (χ0v) is 17.3. The van der Waals surface area contributed by atoms with E-state index in [2.05, 4.69) is 6.07 Å². The molecule has 30 heavy (non-hydrogen) atoms. The van der Waals surface area contributed by atoms with Gasteiger partial charge >= 0.3 is 5.97 Å². The van der Waals surface area contributed by atoms with Crippen molar-refractivity contribution in [3.05, 3.63) is 23.8 Å². The summed E-state index contributed by atoms with van der Waals surface area (Å²) in [5.41, 5.74) is -0.209. The third-order valence-electron chi connectivity index (χ3n) is 7.08. The van der Waals surface area contributed by atoms with E-state index in [1.54, 1.807) is 6.07 Å². The molecule has 0 aromatic heterocycles. The molecule has 4 aliphatic rings. The summed E-state index contributed by atoms with van der Waals surface area (Å²) in [5.74, 6) is 1.13. The molecule has 1 aromatic rings. The van der Waals surface area contributed by atoms with E-state index in [0.29, 0.717) is 30.0 Å². The number of phenols is 1. The summed E-state index contributed by atoms with van der Waals surface area (Å²) in [4.78, 5) is 27.4. The second kappa shape index (κ2) is 8.17. The number of amides is 1. The van der Waals surface area contributed by atoms with Crippen molar-refractivity contribution in [3.63, 3.8) is 0 Å². The van der Waals surface area contributed by atoms with Crippen LogP contribution in [0.15, 0.2) is 18.2 Å². The Kier molecular flexibility index (Phi) is 5.59. The molecule has 4 bridgehead atoms. The lowest BCUT2D eigenvalue weighted by Gasteiger charge is -2.60. The lowest BCUT2D eigenvalue weighted by atomic mass is 9.52. The molecule has 0 saturated heterocycles. The van der Waals surface area contributed by atoms with Crippen molar-refractivity contribution in [2.24, 2.45) is 17.8 Å². The number of phenolic OH excluding ortho intramolecular Hbond substituents is 1. The van der Waals surface area contributed by atoms with Crippen LogP contribution >= 0.6 is 0 Å². The largest absolute Gasteiger partial charge is 0.507 e. The standard InChI is InChI=1S/C23H28N2O5/c1-29-18-3-4-19(20(26)10-18)22(28)30-14-21(27)25(6-2-5-24)23-11-15-7-16(12-23)9-17(8-15)13-23/h3-4,10,15-17,26H,2,6-9,11-14H2,1H3. The number of hydrogen-bond donors (Lipinski definition) is 1. The Labute approximate surface area is 176 Å². The zero-order valence-electron chi connectivity index (χ0n) is 17.3. The number of hydrogen-bond acceptors (Lipinski definition) is 6. The molecule has 1 N–H and O–H groups in total. The van der Waals surface area contributed by atoms with E-state index < -0.39 is 12.6 Å². The molecule has 4 fully saturated rings. The molecule has 0 spiro atoms. The number of aromatic hydroxyl groups is 1. The summed E-state index contributed by atoms with van der Waals surface area (Å²) in [6.07, 6.45) is 7.00. The lowest BCUT2D eigenvalue weighted by Crippen LogP contribution is -2.62. The second-order valence-electron chi connectivity index (χ2n) is 9.05. The highest BCUT2D eigenvalue weighted by molar-refractivity contribution is 5.94. The molecule has 7 nitrogen and oxygen atoms in total. The highest BCUT2D eigenvalue weighted by Gasteiger charge is 2.54. The quantitative estimate of drug-likeness (QED) is 0.690. The van der Waals surface area contributed by atoms with Crippen LogP contribution in [0.25, 0.3) is 0 Å². The molecule has 4 saturated carbocycles. The van der Waals surface area contributed by atoms with Gasteiger partial charge in [0.1, 0.15) is 17.1 Å². The smallest absolute Gasteiger partial charge is 0.342 e. The Morgan fingerprint density at radius 3 is 2.37 bits per heavy atom. The summed E-state index contributed by atoms with van der Waals surface area (Å²) in [6, 6.07) is 6.43. The van der Waals surface area contributed by atoms with E-state index in [1.165, 1.54) is 38.5 Å². The van der Waals surface area contributed by atoms with E-state index >= 15 is 0 Å². The molecular formula is C23H28N2O5. The van der Waals surface area contributed by atoms with Gasteiger partial charge in [-0.25, -0.2) is 4.79 Å². The van der Waals surface area contributed by atoms with Crippen LogP contribution in [0.4, 0.5) is 0 Å².